The highest BCUT2D eigenvalue weighted by Crippen LogP contribution is 2.10. The maximum atomic E-state index is 12.1. The van der Waals surface area contributed by atoms with Crippen LogP contribution in [0.15, 0.2) is 33.8 Å². The van der Waals surface area contributed by atoms with Crippen LogP contribution in [0.5, 0.6) is 0 Å². The van der Waals surface area contributed by atoms with Gasteiger partial charge in [0.15, 0.2) is 0 Å². The lowest BCUT2D eigenvalue weighted by atomic mass is 10.4. The molecule has 0 radical (unpaired) electrons. The Morgan fingerprint density at radius 1 is 1.40 bits per heavy atom. The molecule has 0 bridgehead atoms. The average molecular weight is 298 g/mol. The highest BCUT2D eigenvalue weighted by Gasteiger charge is 2.16. The molecule has 0 fully saturated rings. The highest BCUT2D eigenvalue weighted by molar-refractivity contribution is 7.89. The van der Waals surface area contributed by atoms with Crippen LogP contribution in [0.25, 0.3) is 0 Å². The van der Waals surface area contributed by atoms with Crippen molar-refractivity contribution in [2.75, 3.05) is 13.6 Å². The second kappa shape index (κ2) is 6.21. The summed E-state index contributed by atoms with van der Waals surface area (Å²) in [5.74, 6) is 1.33. The van der Waals surface area contributed by atoms with Crippen molar-refractivity contribution < 1.29 is 12.8 Å². The molecule has 0 aliphatic carbocycles. The standard InChI is InChI=1S/C12H18N4O3S/c1-10-3-4-11(19-10)7-15-20(17,18)12-8-14-16(9-12)6-5-13-2/h3-4,8-9,13,15H,5-7H2,1-2H3. The Morgan fingerprint density at radius 3 is 2.85 bits per heavy atom. The van der Waals surface area contributed by atoms with Crippen LogP contribution < -0.4 is 10.0 Å². The molecular formula is C12H18N4O3S. The third kappa shape index (κ3) is 3.69. The molecule has 0 saturated heterocycles. The number of sulfonamides is 1. The number of furan rings is 1. The van der Waals surface area contributed by atoms with E-state index in [2.05, 4.69) is 15.1 Å². The maximum absolute atomic E-state index is 12.1. The third-order valence-electron chi connectivity index (χ3n) is 2.74. The molecule has 2 aromatic heterocycles. The molecule has 0 saturated carbocycles. The molecule has 2 rings (SSSR count). The van der Waals surface area contributed by atoms with Gasteiger partial charge in [-0.3, -0.25) is 4.68 Å². The van der Waals surface area contributed by atoms with Gasteiger partial charge >= 0.3 is 0 Å². The molecule has 0 amide bonds. The molecular weight excluding hydrogens is 280 g/mol. The Labute approximate surface area is 118 Å². The zero-order chi connectivity index (χ0) is 14.6. The van der Waals surface area contributed by atoms with Crippen LogP contribution in [0.4, 0.5) is 0 Å². The Balaban J connectivity index is 2.00. The first-order chi connectivity index (χ1) is 9.51. The minimum absolute atomic E-state index is 0.123. The van der Waals surface area contributed by atoms with Crippen LogP contribution >= 0.6 is 0 Å². The van der Waals surface area contributed by atoms with Crippen LogP contribution in [-0.4, -0.2) is 31.8 Å². The number of rotatable bonds is 7. The van der Waals surface area contributed by atoms with E-state index in [1.165, 1.54) is 12.4 Å². The molecule has 2 heterocycles. The van der Waals surface area contributed by atoms with Crippen molar-refractivity contribution in [3.63, 3.8) is 0 Å². The van der Waals surface area contributed by atoms with E-state index in [-0.39, 0.29) is 11.4 Å². The summed E-state index contributed by atoms with van der Waals surface area (Å²) in [7, 11) is -1.74. The van der Waals surface area contributed by atoms with E-state index >= 15 is 0 Å². The Hall–Kier alpha value is -1.64. The van der Waals surface area contributed by atoms with Crippen LogP contribution in [0, 0.1) is 6.92 Å². The molecule has 0 unspecified atom stereocenters. The molecule has 2 N–H and O–H groups in total. The quantitative estimate of drug-likeness (QED) is 0.776. The summed E-state index contributed by atoms with van der Waals surface area (Å²) >= 11 is 0. The number of hydrogen-bond acceptors (Lipinski definition) is 5. The monoisotopic (exact) mass is 298 g/mol. The number of hydrogen-bond donors (Lipinski definition) is 2. The van der Waals surface area contributed by atoms with Gasteiger partial charge in [0, 0.05) is 12.7 Å². The van der Waals surface area contributed by atoms with Crippen molar-refractivity contribution in [2.24, 2.45) is 0 Å². The fourth-order valence-electron chi connectivity index (χ4n) is 1.66. The third-order valence-corrected chi connectivity index (χ3v) is 4.10. The van der Waals surface area contributed by atoms with Crippen LogP contribution in [0.1, 0.15) is 11.5 Å². The smallest absolute Gasteiger partial charge is 0.244 e. The van der Waals surface area contributed by atoms with Gasteiger partial charge in [-0.05, 0) is 26.1 Å². The minimum atomic E-state index is -3.57. The highest BCUT2D eigenvalue weighted by atomic mass is 32.2. The fourth-order valence-corrected chi connectivity index (χ4v) is 2.61. The molecule has 0 aliphatic heterocycles. The number of nitrogens with zero attached hydrogens (tertiary/aromatic N) is 2. The maximum Gasteiger partial charge on any atom is 0.244 e. The van der Waals surface area contributed by atoms with E-state index in [0.717, 1.165) is 12.3 Å². The van der Waals surface area contributed by atoms with E-state index in [9.17, 15) is 8.42 Å². The first-order valence-electron chi connectivity index (χ1n) is 6.23. The summed E-state index contributed by atoms with van der Waals surface area (Å²) in [6.07, 6.45) is 2.85. The molecule has 20 heavy (non-hydrogen) atoms. The molecule has 0 atom stereocenters. The summed E-state index contributed by atoms with van der Waals surface area (Å²) in [5, 5.41) is 6.99. The predicted octanol–water partition coefficient (Wildman–Crippen LogP) is 0.482. The number of aromatic nitrogens is 2. The largest absolute Gasteiger partial charge is 0.465 e. The SMILES string of the molecule is CNCCn1cc(S(=O)(=O)NCc2ccc(C)o2)cn1. The van der Waals surface area contributed by atoms with Crippen LogP contribution in [0.3, 0.4) is 0 Å². The molecule has 7 nitrogen and oxygen atoms in total. The van der Waals surface area contributed by atoms with Gasteiger partial charge in [-0.15, -0.1) is 0 Å². The Morgan fingerprint density at radius 2 is 2.20 bits per heavy atom. The topological polar surface area (TPSA) is 89.2 Å². The van der Waals surface area contributed by atoms with Gasteiger partial charge in [0.1, 0.15) is 16.4 Å². The summed E-state index contributed by atoms with van der Waals surface area (Å²) in [4.78, 5) is 0.150. The number of nitrogens with one attached hydrogen (secondary N) is 2. The van der Waals surface area contributed by atoms with Crippen molar-refractivity contribution in [2.45, 2.75) is 24.9 Å². The average Bonchev–Trinajstić information content (AvgIpc) is 3.03. The van der Waals surface area contributed by atoms with E-state index in [0.29, 0.717) is 12.3 Å². The lowest BCUT2D eigenvalue weighted by Crippen LogP contribution is -2.22. The molecule has 0 spiro atoms. The summed E-state index contributed by atoms with van der Waals surface area (Å²) in [6, 6.07) is 3.54. The summed E-state index contributed by atoms with van der Waals surface area (Å²) in [5.41, 5.74) is 0. The van der Waals surface area contributed by atoms with Crippen LogP contribution in [-0.2, 0) is 23.1 Å². The van der Waals surface area contributed by atoms with E-state index < -0.39 is 10.0 Å². The lowest BCUT2D eigenvalue weighted by Gasteiger charge is -2.02. The van der Waals surface area contributed by atoms with Gasteiger partial charge in [0.2, 0.25) is 10.0 Å². The molecule has 110 valence electrons. The first kappa shape index (κ1) is 14.8. The second-order valence-corrected chi connectivity index (χ2v) is 6.15. The number of aryl methyl sites for hydroxylation is 1. The Kier molecular flexibility index (Phi) is 4.58. The summed E-state index contributed by atoms with van der Waals surface area (Å²) in [6.45, 7) is 3.27. The van der Waals surface area contributed by atoms with Crippen molar-refractivity contribution in [1.29, 1.82) is 0 Å². The van der Waals surface area contributed by atoms with Crippen molar-refractivity contribution in [1.82, 2.24) is 19.8 Å². The van der Waals surface area contributed by atoms with E-state index in [1.54, 1.807) is 16.8 Å². The molecule has 0 aromatic carbocycles. The van der Waals surface area contributed by atoms with Gasteiger partial charge in [-0.25, -0.2) is 13.1 Å². The Bertz CT molecular complexity index is 660. The predicted molar refractivity (Wildman–Crippen MR) is 73.6 cm³/mol. The lowest BCUT2D eigenvalue weighted by molar-refractivity contribution is 0.475. The van der Waals surface area contributed by atoms with E-state index in [4.69, 9.17) is 4.42 Å². The first-order valence-corrected chi connectivity index (χ1v) is 7.71. The second-order valence-electron chi connectivity index (χ2n) is 4.38. The van der Waals surface area contributed by atoms with Crippen molar-refractivity contribution in [3.8, 4) is 0 Å². The normalized spacial score (nSPS) is 11.9. The number of likely N-dealkylation sites (N-methyl/N-ethyl adjacent to an activating group) is 1. The van der Waals surface area contributed by atoms with Gasteiger partial charge in [-0.1, -0.05) is 0 Å². The van der Waals surface area contributed by atoms with Gasteiger partial charge in [-0.2, -0.15) is 5.10 Å². The van der Waals surface area contributed by atoms with Gasteiger partial charge in [0.05, 0.1) is 19.3 Å². The molecule has 2 aromatic rings. The zero-order valence-electron chi connectivity index (χ0n) is 11.5. The van der Waals surface area contributed by atoms with E-state index in [1.807, 2.05) is 14.0 Å². The van der Waals surface area contributed by atoms with Gasteiger partial charge in [0.25, 0.3) is 0 Å². The van der Waals surface area contributed by atoms with Crippen molar-refractivity contribution in [3.05, 3.63) is 36.0 Å². The fraction of sp³-hybridized carbons (Fsp3) is 0.417. The van der Waals surface area contributed by atoms with Crippen molar-refractivity contribution >= 4 is 10.0 Å². The van der Waals surface area contributed by atoms with Crippen LogP contribution in [0.2, 0.25) is 0 Å². The molecule has 0 aliphatic rings. The summed E-state index contributed by atoms with van der Waals surface area (Å²) < 4.78 is 33.5. The zero-order valence-corrected chi connectivity index (χ0v) is 12.3. The van der Waals surface area contributed by atoms with Gasteiger partial charge < -0.3 is 9.73 Å². The minimum Gasteiger partial charge on any atom is -0.465 e. The molecule has 8 heteroatoms.